The van der Waals surface area contributed by atoms with E-state index in [9.17, 15) is 9.18 Å². The van der Waals surface area contributed by atoms with Crippen molar-refractivity contribution in [2.24, 2.45) is 0 Å². The third-order valence-corrected chi connectivity index (χ3v) is 2.69. The molecule has 0 aliphatic carbocycles. The average Bonchev–Trinajstić information content (AvgIpc) is 2.83. The number of nitrogens with one attached hydrogen (secondary N) is 1. The summed E-state index contributed by atoms with van der Waals surface area (Å²) in [4.78, 5) is 14.3. The number of hydrogen-bond donors (Lipinski definition) is 1. The van der Waals surface area contributed by atoms with Crippen LogP contribution >= 0.6 is 11.6 Å². The van der Waals surface area contributed by atoms with E-state index in [4.69, 9.17) is 21.1 Å². The van der Waals surface area contributed by atoms with Gasteiger partial charge in [0, 0.05) is 11.8 Å². The van der Waals surface area contributed by atoms with Crippen molar-refractivity contribution in [2.75, 3.05) is 7.11 Å². The number of H-pyrrole nitrogens is 1. The summed E-state index contributed by atoms with van der Waals surface area (Å²) >= 11 is 5.68. The van der Waals surface area contributed by atoms with Gasteiger partial charge in [-0.05, 0) is 24.3 Å². The average molecular weight is 284 g/mol. The van der Waals surface area contributed by atoms with Crippen LogP contribution in [0.15, 0.2) is 30.5 Å². The topological polar surface area (TPSA) is 51.3 Å². The Morgan fingerprint density at radius 3 is 2.84 bits per heavy atom. The Balaban J connectivity index is 2.06. The molecule has 100 valence electrons. The van der Waals surface area contributed by atoms with E-state index in [0.29, 0.717) is 16.3 Å². The highest BCUT2D eigenvalue weighted by atomic mass is 35.5. The molecule has 1 N–H and O–H groups in total. The first-order valence-corrected chi connectivity index (χ1v) is 5.81. The largest absolute Gasteiger partial charge is 0.496 e. The number of aromatic amines is 1. The highest BCUT2D eigenvalue weighted by molar-refractivity contribution is 6.30. The molecule has 1 aromatic carbocycles. The number of rotatable bonds is 4. The Bertz CT molecular complexity index is 597. The second-order valence-corrected chi connectivity index (χ2v) is 4.20. The smallest absolute Gasteiger partial charge is 0.355 e. The zero-order valence-corrected chi connectivity index (χ0v) is 10.8. The Labute approximate surface area is 114 Å². The highest BCUT2D eigenvalue weighted by Crippen LogP contribution is 2.20. The molecule has 0 aliphatic rings. The number of halogens is 2. The van der Waals surface area contributed by atoms with Crippen molar-refractivity contribution < 1.29 is 18.7 Å². The lowest BCUT2D eigenvalue weighted by molar-refractivity contribution is 0.0463. The highest BCUT2D eigenvalue weighted by Gasteiger charge is 2.12. The number of ether oxygens (including phenoxy) is 2. The normalized spacial score (nSPS) is 10.3. The fraction of sp³-hybridized carbons (Fsp3) is 0.154. The van der Waals surface area contributed by atoms with Crippen molar-refractivity contribution in [2.45, 2.75) is 6.61 Å². The molecule has 6 heteroatoms. The van der Waals surface area contributed by atoms with Gasteiger partial charge in [0.2, 0.25) is 0 Å². The molecular weight excluding hydrogens is 273 g/mol. The molecular formula is C13H11ClFNO3. The molecule has 0 radical (unpaired) electrons. The quantitative estimate of drug-likeness (QED) is 0.877. The summed E-state index contributed by atoms with van der Waals surface area (Å²) in [6.07, 6.45) is 1.47. The number of esters is 1. The summed E-state index contributed by atoms with van der Waals surface area (Å²) in [5.74, 6) is -0.535. The number of benzene rings is 1. The minimum absolute atomic E-state index is 0.0869. The van der Waals surface area contributed by atoms with E-state index in [1.807, 2.05) is 0 Å². The molecule has 19 heavy (non-hydrogen) atoms. The molecule has 0 bridgehead atoms. The summed E-state index contributed by atoms with van der Waals surface area (Å²) < 4.78 is 23.2. The molecule has 0 aliphatic heterocycles. The summed E-state index contributed by atoms with van der Waals surface area (Å²) in [6.45, 7) is -0.0869. The third kappa shape index (κ3) is 3.26. The zero-order valence-electron chi connectivity index (χ0n) is 10.1. The first-order chi connectivity index (χ1) is 9.10. The second-order valence-electron chi connectivity index (χ2n) is 3.76. The van der Waals surface area contributed by atoms with Gasteiger partial charge in [0.15, 0.2) is 0 Å². The minimum atomic E-state index is -0.571. The molecule has 0 amide bonds. The van der Waals surface area contributed by atoms with Crippen LogP contribution in [-0.2, 0) is 11.3 Å². The predicted molar refractivity (Wildman–Crippen MR) is 67.9 cm³/mol. The first-order valence-electron chi connectivity index (χ1n) is 5.43. The van der Waals surface area contributed by atoms with Crippen LogP contribution in [0.1, 0.15) is 16.1 Å². The van der Waals surface area contributed by atoms with Gasteiger partial charge in [-0.2, -0.15) is 0 Å². The monoisotopic (exact) mass is 283 g/mol. The molecule has 1 aromatic heterocycles. The maximum absolute atomic E-state index is 13.1. The van der Waals surface area contributed by atoms with Crippen LogP contribution in [0.5, 0.6) is 5.75 Å². The van der Waals surface area contributed by atoms with Crippen LogP contribution in [0.4, 0.5) is 4.39 Å². The Morgan fingerprint density at radius 2 is 2.21 bits per heavy atom. The molecule has 0 saturated heterocycles. The van der Waals surface area contributed by atoms with E-state index in [-0.39, 0.29) is 12.3 Å². The zero-order chi connectivity index (χ0) is 13.8. The SMILES string of the molecule is COc1ccc(F)cc1COC(=O)c1cc(Cl)c[nH]1. The van der Waals surface area contributed by atoms with Crippen LogP contribution in [0.25, 0.3) is 0 Å². The van der Waals surface area contributed by atoms with Gasteiger partial charge in [-0.1, -0.05) is 11.6 Å². The van der Waals surface area contributed by atoms with Crippen molar-refractivity contribution in [3.8, 4) is 5.75 Å². The predicted octanol–water partition coefficient (Wildman–Crippen LogP) is 3.17. The van der Waals surface area contributed by atoms with Crippen molar-refractivity contribution >= 4 is 17.6 Å². The number of carbonyl (C=O) groups excluding carboxylic acids is 1. The van der Waals surface area contributed by atoms with Crippen molar-refractivity contribution in [1.82, 2.24) is 4.98 Å². The van der Waals surface area contributed by atoms with Crippen molar-refractivity contribution in [1.29, 1.82) is 0 Å². The van der Waals surface area contributed by atoms with Crippen molar-refractivity contribution in [3.05, 3.63) is 52.6 Å². The lowest BCUT2D eigenvalue weighted by atomic mass is 10.2. The molecule has 0 unspecified atom stereocenters. The van der Waals surface area contributed by atoms with Crippen LogP contribution in [0.3, 0.4) is 0 Å². The van der Waals surface area contributed by atoms with Gasteiger partial charge < -0.3 is 14.5 Å². The van der Waals surface area contributed by atoms with E-state index in [0.717, 1.165) is 0 Å². The van der Waals surface area contributed by atoms with Gasteiger partial charge in [0.1, 0.15) is 23.9 Å². The van der Waals surface area contributed by atoms with E-state index in [1.54, 1.807) is 0 Å². The lowest BCUT2D eigenvalue weighted by Gasteiger charge is -2.08. The lowest BCUT2D eigenvalue weighted by Crippen LogP contribution is -2.06. The Morgan fingerprint density at radius 1 is 1.42 bits per heavy atom. The molecule has 0 fully saturated rings. The molecule has 4 nitrogen and oxygen atoms in total. The van der Waals surface area contributed by atoms with Gasteiger partial charge in [-0.25, -0.2) is 9.18 Å². The summed E-state index contributed by atoms with van der Waals surface area (Å²) in [6, 6.07) is 5.46. The van der Waals surface area contributed by atoms with Crippen LogP contribution in [-0.4, -0.2) is 18.1 Å². The second kappa shape index (κ2) is 5.75. The third-order valence-electron chi connectivity index (χ3n) is 2.47. The van der Waals surface area contributed by atoms with Crippen molar-refractivity contribution in [3.63, 3.8) is 0 Å². The Kier molecular flexibility index (Phi) is 4.06. The maximum Gasteiger partial charge on any atom is 0.355 e. The summed E-state index contributed by atoms with van der Waals surface area (Å²) in [7, 11) is 1.46. The minimum Gasteiger partial charge on any atom is -0.496 e. The summed E-state index contributed by atoms with van der Waals surface area (Å²) in [5.41, 5.74) is 0.689. The van der Waals surface area contributed by atoms with Gasteiger partial charge in [0.05, 0.1) is 12.1 Å². The standard InChI is InChI=1S/C13H11ClFNO3/c1-18-12-3-2-10(15)4-8(12)7-19-13(17)11-5-9(14)6-16-11/h2-6,16H,7H2,1H3. The number of carbonyl (C=O) groups is 1. The van der Waals surface area contributed by atoms with Gasteiger partial charge >= 0.3 is 5.97 Å². The van der Waals surface area contributed by atoms with E-state index in [1.165, 1.54) is 37.6 Å². The Hall–Kier alpha value is -2.01. The van der Waals surface area contributed by atoms with Gasteiger partial charge in [0.25, 0.3) is 0 Å². The van der Waals surface area contributed by atoms with Crippen LogP contribution < -0.4 is 4.74 Å². The van der Waals surface area contributed by atoms with Gasteiger partial charge in [-0.3, -0.25) is 0 Å². The van der Waals surface area contributed by atoms with Gasteiger partial charge in [-0.15, -0.1) is 0 Å². The fourth-order valence-corrected chi connectivity index (χ4v) is 1.73. The van der Waals surface area contributed by atoms with E-state index in [2.05, 4.69) is 4.98 Å². The van der Waals surface area contributed by atoms with Crippen LogP contribution in [0, 0.1) is 5.82 Å². The molecule has 2 aromatic rings. The molecule has 0 atom stereocenters. The number of methoxy groups -OCH3 is 1. The fourth-order valence-electron chi connectivity index (χ4n) is 1.57. The number of hydrogen-bond acceptors (Lipinski definition) is 3. The summed E-state index contributed by atoms with van der Waals surface area (Å²) in [5, 5.41) is 0.412. The molecule has 2 rings (SSSR count). The molecule has 0 saturated carbocycles. The first kappa shape index (κ1) is 13.4. The van der Waals surface area contributed by atoms with Crippen LogP contribution in [0.2, 0.25) is 5.02 Å². The number of aromatic nitrogens is 1. The molecule has 0 spiro atoms. The maximum atomic E-state index is 13.1. The van der Waals surface area contributed by atoms with E-state index >= 15 is 0 Å². The molecule has 1 heterocycles. The van der Waals surface area contributed by atoms with E-state index < -0.39 is 11.8 Å².